The molecule has 20 heavy (non-hydrogen) atoms. The average molecular weight is 263 g/mol. The van der Waals surface area contributed by atoms with E-state index in [1.54, 1.807) is 24.3 Å². The van der Waals surface area contributed by atoms with E-state index in [9.17, 15) is 4.79 Å². The van der Waals surface area contributed by atoms with Crippen molar-refractivity contribution in [1.82, 2.24) is 0 Å². The van der Waals surface area contributed by atoms with Crippen LogP contribution in [0.1, 0.15) is 10.4 Å². The van der Waals surface area contributed by atoms with Gasteiger partial charge in [-0.1, -0.05) is 30.3 Å². The third-order valence-electron chi connectivity index (χ3n) is 3.17. The normalized spacial score (nSPS) is 10.4. The molecule has 2 N–H and O–H groups in total. The van der Waals surface area contributed by atoms with Gasteiger partial charge in [0, 0.05) is 11.4 Å². The van der Waals surface area contributed by atoms with Crippen LogP contribution in [0.15, 0.2) is 66.7 Å². The summed E-state index contributed by atoms with van der Waals surface area (Å²) in [6.07, 6.45) is 0. The zero-order valence-electron chi connectivity index (χ0n) is 10.7. The van der Waals surface area contributed by atoms with Crippen molar-refractivity contribution in [2.24, 2.45) is 0 Å². The van der Waals surface area contributed by atoms with Gasteiger partial charge in [-0.3, -0.25) is 0 Å². The molecule has 0 heterocycles. The van der Waals surface area contributed by atoms with Gasteiger partial charge in [-0.2, -0.15) is 0 Å². The Balaban J connectivity index is 1.87. The minimum absolute atomic E-state index is 0.286. The van der Waals surface area contributed by atoms with E-state index in [2.05, 4.69) is 29.6 Å². The number of rotatable bonds is 3. The molecule has 0 amide bonds. The minimum atomic E-state index is -0.915. The summed E-state index contributed by atoms with van der Waals surface area (Å²) in [5.41, 5.74) is 2.13. The second-order valence-electron chi connectivity index (χ2n) is 4.57. The zero-order chi connectivity index (χ0) is 13.9. The van der Waals surface area contributed by atoms with Crippen LogP contribution in [0.25, 0.3) is 10.8 Å². The molecule has 0 aromatic heterocycles. The van der Waals surface area contributed by atoms with Crippen molar-refractivity contribution in [2.45, 2.75) is 0 Å². The van der Waals surface area contributed by atoms with Crippen LogP contribution < -0.4 is 5.32 Å². The maximum atomic E-state index is 10.8. The smallest absolute Gasteiger partial charge is 0.335 e. The van der Waals surface area contributed by atoms with Gasteiger partial charge < -0.3 is 10.4 Å². The number of carbonyl (C=O) groups is 1. The van der Waals surface area contributed by atoms with Gasteiger partial charge in [0.2, 0.25) is 0 Å². The van der Waals surface area contributed by atoms with Crippen LogP contribution in [0, 0.1) is 0 Å². The number of nitrogens with one attached hydrogen (secondary N) is 1. The Morgan fingerprint density at radius 1 is 0.800 bits per heavy atom. The first kappa shape index (κ1) is 12.2. The molecule has 0 fully saturated rings. The second kappa shape index (κ2) is 5.05. The molecule has 3 heteroatoms. The van der Waals surface area contributed by atoms with Crippen molar-refractivity contribution < 1.29 is 9.90 Å². The summed E-state index contributed by atoms with van der Waals surface area (Å²) in [6.45, 7) is 0. The van der Waals surface area contributed by atoms with Crippen LogP contribution >= 0.6 is 0 Å². The summed E-state index contributed by atoms with van der Waals surface area (Å²) in [7, 11) is 0. The first-order chi connectivity index (χ1) is 9.72. The predicted molar refractivity (Wildman–Crippen MR) is 80.6 cm³/mol. The Hall–Kier alpha value is -2.81. The lowest BCUT2D eigenvalue weighted by Gasteiger charge is -2.08. The monoisotopic (exact) mass is 263 g/mol. The van der Waals surface area contributed by atoms with E-state index >= 15 is 0 Å². The van der Waals surface area contributed by atoms with Crippen LogP contribution in [0.2, 0.25) is 0 Å². The molecular formula is C17H13NO2. The number of fused-ring (bicyclic) bond motifs is 1. The van der Waals surface area contributed by atoms with Crippen LogP contribution in [0.5, 0.6) is 0 Å². The number of anilines is 2. The van der Waals surface area contributed by atoms with E-state index in [-0.39, 0.29) is 5.56 Å². The van der Waals surface area contributed by atoms with Crippen molar-refractivity contribution in [2.75, 3.05) is 5.32 Å². The van der Waals surface area contributed by atoms with Gasteiger partial charge in [0.05, 0.1) is 5.56 Å². The molecule has 0 bridgehead atoms. The number of carboxylic acids is 1. The second-order valence-corrected chi connectivity index (χ2v) is 4.57. The molecule has 98 valence electrons. The Morgan fingerprint density at radius 2 is 1.45 bits per heavy atom. The first-order valence-corrected chi connectivity index (χ1v) is 6.31. The van der Waals surface area contributed by atoms with Crippen molar-refractivity contribution in [1.29, 1.82) is 0 Å². The first-order valence-electron chi connectivity index (χ1n) is 6.31. The van der Waals surface area contributed by atoms with E-state index in [1.807, 2.05) is 18.2 Å². The minimum Gasteiger partial charge on any atom is -0.478 e. The summed E-state index contributed by atoms with van der Waals surface area (Å²) < 4.78 is 0. The molecule has 3 nitrogen and oxygen atoms in total. The highest BCUT2D eigenvalue weighted by Gasteiger charge is 2.02. The van der Waals surface area contributed by atoms with Crippen molar-refractivity contribution in [3.8, 4) is 0 Å². The standard InChI is InChI=1S/C17H13NO2/c19-17(20)13-6-8-15(9-7-13)18-16-10-5-12-3-1-2-4-14(12)11-16/h1-11,18H,(H,19,20). The molecule has 3 aromatic carbocycles. The molecule has 0 aliphatic rings. The maximum absolute atomic E-state index is 10.8. The molecule has 0 aliphatic heterocycles. The lowest BCUT2D eigenvalue weighted by atomic mass is 10.1. The van der Waals surface area contributed by atoms with E-state index in [0.29, 0.717) is 0 Å². The van der Waals surface area contributed by atoms with Gasteiger partial charge in [-0.05, 0) is 47.2 Å². The molecular weight excluding hydrogens is 250 g/mol. The average Bonchev–Trinajstić information content (AvgIpc) is 2.48. The van der Waals surface area contributed by atoms with E-state index in [4.69, 9.17) is 5.11 Å². The fourth-order valence-electron chi connectivity index (χ4n) is 2.13. The SMILES string of the molecule is O=C(O)c1ccc(Nc2ccc3ccccc3c2)cc1. The molecule has 0 spiro atoms. The number of benzene rings is 3. The summed E-state index contributed by atoms with van der Waals surface area (Å²) in [4.78, 5) is 10.8. The highest BCUT2D eigenvalue weighted by atomic mass is 16.4. The Morgan fingerprint density at radius 3 is 2.15 bits per heavy atom. The van der Waals surface area contributed by atoms with Gasteiger partial charge in [-0.25, -0.2) is 4.79 Å². The van der Waals surface area contributed by atoms with Crippen LogP contribution in [-0.2, 0) is 0 Å². The van der Waals surface area contributed by atoms with Gasteiger partial charge >= 0.3 is 5.97 Å². The molecule has 0 saturated carbocycles. The van der Waals surface area contributed by atoms with E-state index in [1.165, 1.54) is 10.8 Å². The largest absolute Gasteiger partial charge is 0.478 e. The Labute approximate surface area is 116 Å². The molecule has 0 unspecified atom stereocenters. The van der Waals surface area contributed by atoms with Crippen molar-refractivity contribution in [3.05, 3.63) is 72.3 Å². The van der Waals surface area contributed by atoms with Crippen molar-refractivity contribution >= 4 is 28.1 Å². The molecule has 0 saturated heterocycles. The summed E-state index contributed by atoms with van der Waals surface area (Å²) in [5, 5.41) is 14.5. The van der Waals surface area contributed by atoms with E-state index < -0.39 is 5.97 Å². The number of hydrogen-bond donors (Lipinski definition) is 2. The van der Waals surface area contributed by atoms with Gasteiger partial charge in [0.25, 0.3) is 0 Å². The van der Waals surface area contributed by atoms with Crippen molar-refractivity contribution in [3.63, 3.8) is 0 Å². The Bertz CT molecular complexity index is 763. The van der Waals surface area contributed by atoms with Gasteiger partial charge in [0.15, 0.2) is 0 Å². The van der Waals surface area contributed by atoms with Crippen LogP contribution in [0.4, 0.5) is 11.4 Å². The molecule has 3 rings (SSSR count). The lowest BCUT2D eigenvalue weighted by Crippen LogP contribution is -1.96. The number of carboxylic acid groups (broad SMARTS) is 1. The van der Waals surface area contributed by atoms with Crippen LogP contribution in [-0.4, -0.2) is 11.1 Å². The lowest BCUT2D eigenvalue weighted by molar-refractivity contribution is 0.0697. The van der Waals surface area contributed by atoms with Gasteiger partial charge in [-0.15, -0.1) is 0 Å². The maximum Gasteiger partial charge on any atom is 0.335 e. The molecule has 3 aromatic rings. The third-order valence-corrected chi connectivity index (χ3v) is 3.17. The fourth-order valence-corrected chi connectivity index (χ4v) is 2.13. The number of aromatic carboxylic acids is 1. The van der Waals surface area contributed by atoms with Gasteiger partial charge in [0.1, 0.15) is 0 Å². The molecule has 0 radical (unpaired) electrons. The quantitative estimate of drug-likeness (QED) is 0.741. The fraction of sp³-hybridized carbons (Fsp3) is 0. The van der Waals surface area contributed by atoms with Crippen LogP contribution in [0.3, 0.4) is 0 Å². The topological polar surface area (TPSA) is 49.3 Å². The highest BCUT2D eigenvalue weighted by molar-refractivity contribution is 5.89. The summed E-state index contributed by atoms with van der Waals surface area (Å²) >= 11 is 0. The third kappa shape index (κ3) is 2.47. The molecule has 0 aliphatic carbocycles. The highest BCUT2D eigenvalue weighted by Crippen LogP contribution is 2.22. The Kier molecular flexibility index (Phi) is 3.09. The molecule has 0 atom stereocenters. The predicted octanol–water partition coefficient (Wildman–Crippen LogP) is 4.28. The summed E-state index contributed by atoms with van der Waals surface area (Å²) in [6, 6.07) is 21.0. The number of hydrogen-bond acceptors (Lipinski definition) is 2. The summed E-state index contributed by atoms with van der Waals surface area (Å²) in [5.74, 6) is -0.915. The zero-order valence-corrected chi connectivity index (χ0v) is 10.7. The van der Waals surface area contributed by atoms with E-state index in [0.717, 1.165) is 11.4 Å².